The fourth-order valence-electron chi connectivity index (χ4n) is 2.94. The van der Waals surface area contributed by atoms with E-state index in [0.29, 0.717) is 12.1 Å². The molecule has 0 saturated carbocycles. The molecule has 1 fully saturated rings. The highest BCUT2D eigenvalue weighted by atomic mass is 79.9. The number of carbonyl (C=O) groups is 1. The summed E-state index contributed by atoms with van der Waals surface area (Å²) in [6.45, 7) is 2.36. The molecule has 0 bridgehead atoms. The molecular formula is C15H19BrN2O3. The summed E-state index contributed by atoms with van der Waals surface area (Å²) < 4.78 is 0. The third-order valence-electron chi connectivity index (χ3n) is 3.96. The molecular weight excluding hydrogens is 336 g/mol. The van der Waals surface area contributed by atoms with Crippen molar-refractivity contribution in [3.05, 3.63) is 39.4 Å². The second kappa shape index (κ2) is 7.02. The van der Waals surface area contributed by atoms with Gasteiger partial charge in [-0.3, -0.25) is 14.9 Å². The van der Waals surface area contributed by atoms with Crippen molar-refractivity contribution in [2.24, 2.45) is 0 Å². The average Bonchev–Trinajstić information content (AvgIpc) is 2.91. The number of rotatable bonds is 5. The number of amides is 1. The molecule has 1 unspecified atom stereocenters. The van der Waals surface area contributed by atoms with Crippen LogP contribution in [0.25, 0.3) is 0 Å². The van der Waals surface area contributed by atoms with Crippen LogP contribution in [-0.4, -0.2) is 33.6 Å². The number of para-hydroxylation sites is 1. The van der Waals surface area contributed by atoms with Crippen LogP contribution in [0.3, 0.4) is 0 Å². The van der Waals surface area contributed by atoms with E-state index in [1.807, 2.05) is 4.90 Å². The van der Waals surface area contributed by atoms with Gasteiger partial charge in [0.1, 0.15) is 5.56 Å². The number of hydrogen-bond acceptors (Lipinski definition) is 3. The highest BCUT2D eigenvalue weighted by Gasteiger charge is 2.32. The monoisotopic (exact) mass is 354 g/mol. The zero-order valence-corrected chi connectivity index (χ0v) is 13.6. The predicted molar refractivity (Wildman–Crippen MR) is 84.9 cm³/mol. The Hall–Kier alpha value is -1.43. The molecule has 0 aromatic heterocycles. The average molecular weight is 355 g/mol. The van der Waals surface area contributed by atoms with Crippen LogP contribution in [0.15, 0.2) is 18.2 Å². The minimum absolute atomic E-state index is 0.0614. The summed E-state index contributed by atoms with van der Waals surface area (Å²) in [5.41, 5.74) is 0.682. The van der Waals surface area contributed by atoms with Crippen molar-refractivity contribution in [1.29, 1.82) is 0 Å². The van der Waals surface area contributed by atoms with Gasteiger partial charge in [0.25, 0.3) is 11.6 Å². The molecule has 1 aromatic carbocycles. The largest absolute Gasteiger partial charge is 0.335 e. The zero-order chi connectivity index (χ0) is 15.4. The van der Waals surface area contributed by atoms with Crippen molar-refractivity contribution in [2.75, 3.05) is 11.9 Å². The van der Waals surface area contributed by atoms with Crippen molar-refractivity contribution in [1.82, 2.24) is 4.90 Å². The Bertz CT molecular complexity index is 548. The van der Waals surface area contributed by atoms with Gasteiger partial charge in [-0.05, 0) is 38.7 Å². The molecule has 0 aliphatic carbocycles. The Kier molecular flexibility index (Phi) is 5.33. The molecule has 1 aliphatic rings. The van der Waals surface area contributed by atoms with Gasteiger partial charge in [0.15, 0.2) is 0 Å². The Balaban J connectivity index is 2.27. The van der Waals surface area contributed by atoms with Gasteiger partial charge in [0, 0.05) is 23.5 Å². The van der Waals surface area contributed by atoms with Crippen molar-refractivity contribution >= 4 is 27.5 Å². The molecule has 0 radical (unpaired) electrons. The number of likely N-dealkylation sites (tertiary alicyclic amines) is 1. The van der Waals surface area contributed by atoms with Gasteiger partial charge < -0.3 is 4.90 Å². The minimum Gasteiger partial charge on any atom is -0.335 e. The molecule has 1 atom stereocenters. The van der Waals surface area contributed by atoms with Crippen LogP contribution in [0, 0.1) is 17.0 Å². The summed E-state index contributed by atoms with van der Waals surface area (Å²) in [5.74, 6) is -0.206. The van der Waals surface area contributed by atoms with E-state index in [2.05, 4.69) is 15.9 Å². The molecule has 1 saturated heterocycles. The number of halogens is 1. The lowest BCUT2D eigenvalue weighted by molar-refractivity contribution is -0.385. The first-order valence-electron chi connectivity index (χ1n) is 7.17. The number of nitrogens with zero attached hydrogens (tertiary/aromatic N) is 2. The summed E-state index contributed by atoms with van der Waals surface area (Å²) in [4.78, 5) is 25.3. The summed E-state index contributed by atoms with van der Waals surface area (Å²) in [6, 6.07) is 5.14. The fraction of sp³-hybridized carbons (Fsp3) is 0.533. The highest BCUT2D eigenvalue weighted by Crippen LogP contribution is 2.29. The van der Waals surface area contributed by atoms with E-state index in [9.17, 15) is 14.9 Å². The van der Waals surface area contributed by atoms with Crippen molar-refractivity contribution in [3.8, 4) is 0 Å². The standard InChI is InChI=1S/C15H19BrN2O3/c1-11-5-2-8-13(14(11)18(20)21)15(19)17-10-4-7-12(17)6-3-9-16/h2,5,8,12H,3-4,6-7,9-10H2,1H3. The third kappa shape index (κ3) is 3.43. The van der Waals surface area contributed by atoms with E-state index >= 15 is 0 Å². The maximum Gasteiger partial charge on any atom is 0.285 e. The normalized spacial score (nSPS) is 18.0. The van der Waals surface area contributed by atoms with Crippen molar-refractivity contribution < 1.29 is 9.72 Å². The van der Waals surface area contributed by atoms with Crippen LogP contribution in [0.4, 0.5) is 5.69 Å². The Morgan fingerprint density at radius 2 is 2.29 bits per heavy atom. The van der Waals surface area contributed by atoms with Gasteiger partial charge in [0.05, 0.1) is 4.92 Å². The fourth-order valence-corrected chi connectivity index (χ4v) is 3.27. The summed E-state index contributed by atoms with van der Waals surface area (Å²) in [6.07, 6.45) is 3.90. The first-order valence-corrected chi connectivity index (χ1v) is 8.29. The van der Waals surface area contributed by atoms with Gasteiger partial charge >= 0.3 is 0 Å². The summed E-state index contributed by atoms with van der Waals surface area (Å²) >= 11 is 3.41. The molecule has 5 nitrogen and oxygen atoms in total. The Morgan fingerprint density at radius 3 is 2.95 bits per heavy atom. The first kappa shape index (κ1) is 15.9. The number of alkyl halides is 1. The molecule has 0 spiro atoms. The predicted octanol–water partition coefficient (Wildman–Crippen LogP) is 3.68. The molecule has 21 heavy (non-hydrogen) atoms. The van der Waals surface area contributed by atoms with Gasteiger partial charge in [-0.2, -0.15) is 0 Å². The molecule has 1 aromatic rings. The molecule has 0 N–H and O–H groups in total. The maximum absolute atomic E-state index is 12.7. The number of nitro groups is 1. The molecule has 114 valence electrons. The van der Waals surface area contributed by atoms with Gasteiger partial charge in [0.2, 0.25) is 0 Å². The summed E-state index contributed by atoms with van der Waals surface area (Å²) in [5, 5.41) is 12.2. The topological polar surface area (TPSA) is 63.5 Å². The van der Waals surface area contributed by atoms with Gasteiger partial charge in [-0.1, -0.05) is 28.1 Å². The number of hydrogen-bond donors (Lipinski definition) is 0. The van der Waals surface area contributed by atoms with Crippen molar-refractivity contribution in [3.63, 3.8) is 0 Å². The van der Waals surface area contributed by atoms with Crippen molar-refractivity contribution in [2.45, 2.75) is 38.6 Å². The lowest BCUT2D eigenvalue weighted by Crippen LogP contribution is -2.36. The zero-order valence-electron chi connectivity index (χ0n) is 12.0. The number of aryl methyl sites for hydroxylation is 1. The van der Waals surface area contributed by atoms with E-state index < -0.39 is 4.92 Å². The van der Waals surface area contributed by atoms with Crippen LogP contribution in [0.2, 0.25) is 0 Å². The van der Waals surface area contributed by atoms with E-state index in [-0.39, 0.29) is 23.2 Å². The lowest BCUT2D eigenvalue weighted by Gasteiger charge is -2.24. The van der Waals surface area contributed by atoms with Crippen LogP contribution >= 0.6 is 15.9 Å². The lowest BCUT2D eigenvalue weighted by atomic mass is 10.1. The first-order chi connectivity index (χ1) is 10.1. The second-order valence-electron chi connectivity index (χ2n) is 5.35. The molecule has 1 amide bonds. The van der Waals surface area contributed by atoms with Crippen LogP contribution in [0.5, 0.6) is 0 Å². The van der Waals surface area contributed by atoms with Crippen LogP contribution in [-0.2, 0) is 0 Å². The number of benzene rings is 1. The highest BCUT2D eigenvalue weighted by molar-refractivity contribution is 9.09. The van der Waals surface area contributed by atoms with E-state index in [1.54, 1.807) is 25.1 Å². The van der Waals surface area contributed by atoms with Crippen LogP contribution in [0.1, 0.15) is 41.6 Å². The molecule has 1 heterocycles. The molecule has 1 aliphatic heterocycles. The summed E-state index contributed by atoms with van der Waals surface area (Å²) in [7, 11) is 0. The van der Waals surface area contributed by atoms with Crippen LogP contribution < -0.4 is 0 Å². The van der Waals surface area contributed by atoms with E-state index in [4.69, 9.17) is 0 Å². The molecule has 2 rings (SSSR count). The second-order valence-corrected chi connectivity index (χ2v) is 6.15. The Labute approximate surface area is 132 Å². The quantitative estimate of drug-likeness (QED) is 0.460. The SMILES string of the molecule is Cc1cccc(C(=O)N2CCCC2CCCBr)c1[N+](=O)[O-]. The minimum atomic E-state index is -0.452. The molecule has 6 heteroatoms. The third-order valence-corrected chi connectivity index (χ3v) is 4.52. The Morgan fingerprint density at radius 1 is 1.52 bits per heavy atom. The maximum atomic E-state index is 12.7. The van der Waals surface area contributed by atoms with E-state index in [1.165, 1.54) is 0 Å². The van der Waals surface area contributed by atoms with E-state index in [0.717, 1.165) is 31.0 Å². The smallest absolute Gasteiger partial charge is 0.285 e. The number of carbonyl (C=O) groups excluding carboxylic acids is 1. The van der Waals surface area contributed by atoms with Gasteiger partial charge in [-0.15, -0.1) is 0 Å². The number of nitro benzene ring substituents is 1. The van der Waals surface area contributed by atoms with Gasteiger partial charge in [-0.25, -0.2) is 0 Å².